The van der Waals surface area contributed by atoms with E-state index in [4.69, 9.17) is 17.3 Å². The maximum absolute atomic E-state index is 14.0. The first-order valence-corrected chi connectivity index (χ1v) is 9.53. The molecule has 0 saturated heterocycles. The predicted molar refractivity (Wildman–Crippen MR) is 101 cm³/mol. The first-order chi connectivity index (χ1) is 11.2. The van der Waals surface area contributed by atoms with Crippen LogP contribution in [0.5, 0.6) is 0 Å². The van der Waals surface area contributed by atoms with Crippen molar-refractivity contribution < 1.29 is 4.39 Å². The zero-order chi connectivity index (χ0) is 17.1. The molecule has 0 atom stereocenters. The van der Waals surface area contributed by atoms with Gasteiger partial charge in [0.05, 0.1) is 15.6 Å². The van der Waals surface area contributed by atoms with E-state index in [0.29, 0.717) is 22.2 Å². The number of nitrogens with zero attached hydrogens (tertiary/aromatic N) is 1. The fourth-order valence-electron chi connectivity index (χ4n) is 1.61. The molecule has 4 N–H and O–H groups in total. The Bertz CT molecular complexity index is 567. The zero-order valence-corrected chi connectivity index (χ0v) is 15.6. The lowest BCUT2D eigenvalue weighted by molar-refractivity contribution is 0.602. The average Bonchev–Trinajstić information content (AvgIpc) is 3.08. The largest absolute Gasteiger partial charge is 0.384 e. The number of halogens is 2. The molecule has 0 aliphatic carbocycles. The van der Waals surface area contributed by atoms with Crippen LogP contribution >= 0.6 is 34.9 Å². The maximum atomic E-state index is 14.0. The SMILES string of the molecule is CC.NCCCCNc1cc(F)c(SNc2nccs2)cc1Cl. The second-order valence-corrected chi connectivity index (χ2v) is 6.38. The van der Waals surface area contributed by atoms with Gasteiger partial charge in [-0.05, 0) is 43.5 Å². The molecule has 0 unspecified atom stereocenters. The highest BCUT2D eigenvalue weighted by molar-refractivity contribution is 8.00. The Kier molecular flexibility index (Phi) is 10.0. The minimum Gasteiger partial charge on any atom is -0.384 e. The molecule has 2 aromatic rings. The molecular formula is C15H22ClFN4S2. The van der Waals surface area contributed by atoms with Crippen molar-refractivity contribution >= 4 is 45.7 Å². The molecule has 4 nitrogen and oxygen atoms in total. The third-order valence-corrected chi connectivity index (χ3v) is 4.61. The number of anilines is 2. The number of hydrogen-bond acceptors (Lipinski definition) is 6. The number of nitrogens with two attached hydrogens (primary N) is 1. The summed E-state index contributed by atoms with van der Waals surface area (Å²) in [6.45, 7) is 5.38. The van der Waals surface area contributed by atoms with Crippen molar-refractivity contribution in [2.75, 3.05) is 23.1 Å². The maximum Gasteiger partial charge on any atom is 0.192 e. The molecule has 2 rings (SSSR count). The van der Waals surface area contributed by atoms with Gasteiger partial charge in [0.2, 0.25) is 0 Å². The number of benzene rings is 1. The van der Waals surface area contributed by atoms with Gasteiger partial charge in [-0.25, -0.2) is 9.37 Å². The average molecular weight is 377 g/mol. The summed E-state index contributed by atoms with van der Waals surface area (Å²) >= 11 is 8.77. The van der Waals surface area contributed by atoms with Gasteiger partial charge >= 0.3 is 0 Å². The minimum atomic E-state index is -0.324. The van der Waals surface area contributed by atoms with Gasteiger partial charge in [0, 0.05) is 18.1 Å². The van der Waals surface area contributed by atoms with Crippen molar-refractivity contribution in [3.05, 3.63) is 34.5 Å². The van der Waals surface area contributed by atoms with Crippen LogP contribution < -0.4 is 15.8 Å². The molecule has 0 saturated carbocycles. The van der Waals surface area contributed by atoms with E-state index in [9.17, 15) is 4.39 Å². The van der Waals surface area contributed by atoms with E-state index in [2.05, 4.69) is 15.0 Å². The van der Waals surface area contributed by atoms with Crippen molar-refractivity contribution in [2.45, 2.75) is 31.6 Å². The second-order valence-electron chi connectivity index (χ2n) is 4.23. The molecule has 0 radical (unpaired) electrons. The van der Waals surface area contributed by atoms with Gasteiger partial charge in [-0.3, -0.25) is 0 Å². The fourth-order valence-corrected chi connectivity index (χ4v) is 3.18. The summed E-state index contributed by atoms with van der Waals surface area (Å²) in [6.07, 6.45) is 3.54. The topological polar surface area (TPSA) is 63.0 Å². The van der Waals surface area contributed by atoms with Crippen LogP contribution in [0.25, 0.3) is 0 Å². The van der Waals surface area contributed by atoms with Crippen molar-refractivity contribution in [2.24, 2.45) is 5.73 Å². The quantitative estimate of drug-likeness (QED) is 0.434. The molecule has 0 fully saturated rings. The normalized spacial score (nSPS) is 9.96. The Morgan fingerprint density at radius 3 is 2.78 bits per heavy atom. The first kappa shape index (κ1) is 20.0. The van der Waals surface area contributed by atoms with E-state index in [0.717, 1.165) is 36.5 Å². The summed E-state index contributed by atoms with van der Waals surface area (Å²) in [6, 6.07) is 3.02. The van der Waals surface area contributed by atoms with Gasteiger partial charge < -0.3 is 15.8 Å². The highest BCUT2D eigenvalue weighted by atomic mass is 35.5. The number of thiazole rings is 1. The molecule has 1 heterocycles. The molecular weight excluding hydrogens is 355 g/mol. The summed E-state index contributed by atoms with van der Waals surface area (Å²) in [5.74, 6) is -0.324. The van der Waals surface area contributed by atoms with Crippen molar-refractivity contribution in [3.63, 3.8) is 0 Å². The van der Waals surface area contributed by atoms with Gasteiger partial charge in [-0.2, -0.15) is 0 Å². The molecule has 23 heavy (non-hydrogen) atoms. The molecule has 0 bridgehead atoms. The molecule has 128 valence electrons. The van der Waals surface area contributed by atoms with Crippen LogP contribution in [0.2, 0.25) is 5.02 Å². The van der Waals surface area contributed by atoms with Gasteiger partial charge in [0.25, 0.3) is 0 Å². The number of unbranched alkanes of at least 4 members (excludes halogenated alkanes) is 1. The zero-order valence-electron chi connectivity index (χ0n) is 13.2. The van der Waals surface area contributed by atoms with Crippen molar-refractivity contribution in [1.82, 2.24) is 4.98 Å². The summed E-state index contributed by atoms with van der Waals surface area (Å²) in [4.78, 5) is 4.50. The van der Waals surface area contributed by atoms with E-state index < -0.39 is 0 Å². The summed E-state index contributed by atoms with van der Waals surface area (Å²) in [5.41, 5.74) is 6.03. The Labute approximate surface area is 150 Å². The highest BCUT2D eigenvalue weighted by Gasteiger charge is 2.10. The Balaban J connectivity index is 0.00000127. The fraction of sp³-hybridized carbons (Fsp3) is 0.400. The van der Waals surface area contributed by atoms with Crippen LogP contribution in [-0.4, -0.2) is 18.1 Å². The van der Waals surface area contributed by atoms with E-state index in [-0.39, 0.29) is 5.82 Å². The van der Waals surface area contributed by atoms with Crippen LogP contribution in [-0.2, 0) is 0 Å². The van der Waals surface area contributed by atoms with Crippen LogP contribution in [0, 0.1) is 5.82 Å². The van der Waals surface area contributed by atoms with E-state index >= 15 is 0 Å². The standard InChI is InChI=1S/C13H16ClFN4S2.C2H6/c14-9-7-12(21-19-13-18-5-6-20-13)10(15)8-11(9)17-4-2-1-3-16;1-2/h5-8,17H,1-4,16H2,(H,18,19);1-2H3. The lowest BCUT2D eigenvalue weighted by atomic mass is 10.2. The lowest BCUT2D eigenvalue weighted by Crippen LogP contribution is -2.06. The third kappa shape index (κ3) is 6.95. The van der Waals surface area contributed by atoms with Crippen LogP contribution in [0.15, 0.2) is 28.6 Å². The molecule has 1 aromatic heterocycles. The lowest BCUT2D eigenvalue weighted by Gasteiger charge is -2.11. The smallest absolute Gasteiger partial charge is 0.192 e. The second kappa shape index (κ2) is 11.5. The van der Waals surface area contributed by atoms with Gasteiger partial charge in [0.15, 0.2) is 5.13 Å². The van der Waals surface area contributed by atoms with Crippen molar-refractivity contribution in [3.8, 4) is 0 Å². The number of nitrogens with one attached hydrogen (secondary N) is 2. The van der Waals surface area contributed by atoms with Crippen molar-refractivity contribution in [1.29, 1.82) is 0 Å². The van der Waals surface area contributed by atoms with Gasteiger partial charge in [-0.1, -0.05) is 25.4 Å². The molecule has 0 aliphatic heterocycles. The third-order valence-electron chi connectivity index (χ3n) is 2.65. The molecule has 1 aromatic carbocycles. The predicted octanol–water partition coefficient (Wildman–Crippen LogP) is 5.23. The number of hydrogen-bond donors (Lipinski definition) is 3. The first-order valence-electron chi connectivity index (χ1n) is 7.46. The van der Waals surface area contributed by atoms with Gasteiger partial charge in [-0.15, -0.1) is 11.3 Å². The summed E-state index contributed by atoms with van der Waals surface area (Å²) in [7, 11) is 0. The monoisotopic (exact) mass is 376 g/mol. The number of aromatic nitrogens is 1. The Morgan fingerprint density at radius 2 is 2.13 bits per heavy atom. The number of rotatable bonds is 8. The molecule has 0 aliphatic rings. The Morgan fingerprint density at radius 1 is 1.35 bits per heavy atom. The Hall–Kier alpha value is -1.02. The van der Waals surface area contributed by atoms with E-state index in [1.807, 2.05) is 19.2 Å². The van der Waals surface area contributed by atoms with Crippen LogP contribution in [0.1, 0.15) is 26.7 Å². The molecule has 0 amide bonds. The summed E-state index contributed by atoms with van der Waals surface area (Å²) in [5, 5.41) is 6.18. The van der Waals surface area contributed by atoms with E-state index in [1.165, 1.54) is 17.4 Å². The van der Waals surface area contributed by atoms with Crippen LogP contribution in [0.3, 0.4) is 0 Å². The molecule has 8 heteroatoms. The highest BCUT2D eigenvalue weighted by Crippen LogP contribution is 2.32. The van der Waals surface area contributed by atoms with Gasteiger partial charge in [0.1, 0.15) is 5.82 Å². The molecule has 0 spiro atoms. The minimum absolute atomic E-state index is 0.324. The van der Waals surface area contributed by atoms with E-state index in [1.54, 1.807) is 12.3 Å². The summed E-state index contributed by atoms with van der Waals surface area (Å²) < 4.78 is 17.0. The van der Waals surface area contributed by atoms with Crippen LogP contribution in [0.4, 0.5) is 15.2 Å².